The first-order chi connectivity index (χ1) is 19.3. The standard InChI is InChI=1S/C31H38O9S/c1-5-38-28(35)40-31(26(34)18-39-41(36,37)22-9-6-19(2)7-10-22)15-13-24-23-11-8-20-16-21(32)12-14-29(20,3)27(23)25(33)17-30(24,31)4/h6-7,9-10,12,14,16,23-25,27,33H,5,8,11,13,15,17-18H2,1-4H3/t23-,24-,25?,27+,29-,30-,31-/m0/s1. The highest BCUT2D eigenvalue weighted by atomic mass is 32.2. The molecule has 0 saturated heterocycles. The van der Waals surface area contributed by atoms with E-state index in [4.69, 9.17) is 13.7 Å². The van der Waals surface area contributed by atoms with Gasteiger partial charge in [0.2, 0.25) is 5.78 Å². The zero-order chi connectivity index (χ0) is 29.8. The summed E-state index contributed by atoms with van der Waals surface area (Å²) in [4.78, 5) is 38.8. The lowest BCUT2D eigenvalue weighted by molar-refractivity contribution is -0.183. The number of aryl methyl sites for hydroxylation is 1. The Labute approximate surface area is 241 Å². The summed E-state index contributed by atoms with van der Waals surface area (Å²) in [6, 6.07) is 6.08. The summed E-state index contributed by atoms with van der Waals surface area (Å²) in [5.41, 5.74) is -1.36. The minimum Gasteiger partial charge on any atom is -0.435 e. The number of allylic oxidation sites excluding steroid dienone is 4. The molecule has 222 valence electrons. The number of fused-ring (bicyclic) bond motifs is 5. The highest BCUT2D eigenvalue weighted by Crippen LogP contribution is 2.68. The zero-order valence-corrected chi connectivity index (χ0v) is 24.7. The molecule has 10 heteroatoms. The minimum absolute atomic E-state index is 0.0126. The lowest BCUT2D eigenvalue weighted by Crippen LogP contribution is -2.63. The van der Waals surface area contributed by atoms with Gasteiger partial charge < -0.3 is 14.6 Å². The SMILES string of the molecule is CCOC(=O)O[C@]1(C(=O)COS(=O)(=O)c2ccc(C)cc2)CC[C@H]2[C@@H]3CCC4=CC(=O)C=C[C@]4(C)[C@H]3C(O)C[C@@]21C. The van der Waals surface area contributed by atoms with Crippen LogP contribution in [0, 0.1) is 35.5 Å². The zero-order valence-electron chi connectivity index (χ0n) is 23.9. The van der Waals surface area contributed by atoms with Crippen LogP contribution in [0.4, 0.5) is 4.79 Å². The van der Waals surface area contributed by atoms with E-state index >= 15 is 0 Å². The van der Waals surface area contributed by atoms with Crippen molar-refractivity contribution in [2.24, 2.45) is 28.6 Å². The van der Waals surface area contributed by atoms with Crippen molar-refractivity contribution in [3.63, 3.8) is 0 Å². The van der Waals surface area contributed by atoms with E-state index in [1.54, 1.807) is 31.2 Å². The first-order valence-corrected chi connectivity index (χ1v) is 15.7. The lowest BCUT2D eigenvalue weighted by atomic mass is 9.46. The molecule has 5 rings (SSSR count). The van der Waals surface area contributed by atoms with E-state index in [-0.39, 0.29) is 47.9 Å². The van der Waals surface area contributed by atoms with Crippen molar-refractivity contribution in [3.05, 3.63) is 53.6 Å². The predicted molar refractivity (Wildman–Crippen MR) is 148 cm³/mol. The molecular weight excluding hydrogens is 548 g/mol. The third-order valence-corrected chi connectivity index (χ3v) is 11.5. The number of Topliss-reactive ketones (excluding diaryl/α,β-unsaturated/α-hetero) is 1. The number of carbonyl (C=O) groups is 3. The lowest BCUT2D eigenvalue weighted by Gasteiger charge is -2.59. The van der Waals surface area contributed by atoms with Gasteiger partial charge >= 0.3 is 6.16 Å². The highest BCUT2D eigenvalue weighted by Gasteiger charge is 2.70. The summed E-state index contributed by atoms with van der Waals surface area (Å²) in [5, 5.41) is 11.7. The molecule has 0 aromatic heterocycles. The van der Waals surface area contributed by atoms with E-state index in [1.807, 2.05) is 19.9 Å². The average molecular weight is 587 g/mol. The molecule has 0 bridgehead atoms. The maximum absolute atomic E-state index is 14.0. The second-order valence-electron chi connectivity index (χ2n) is 12.3. The molecule has 7 atom stereocenters. The highest BCUT2D eigenvalue weighted by molar-refractivity contribution is 7.86. The minimum atomic E-state index is -4.26. The number of carbonyl (C=O) groups excluding carboxylic acids is 3. The van der Waals surface area contributed by atoms with Crippen LogP contribution in [0.1, 0.15) is 58.4 Å². The molecule has 0 radical (unpaired) electrons. The van der Waals surface area contributed by atoms with Crippen molar-refractivity contribution in [2.45, 2.75) is 76.4 Å². The van der Waals surface area contributed by atoms with Crippen LogP contribution in [0.5, 0.6) is 0 Å². The molecular formula is C31H38O9S. The molecule has 0 spiro atoms. The number of ketones is 2. The number of hydrogen-bond donors (Lipinski definition) is 1. The molecule has 3 fully saturated rings. The van der Waals surface area contributed by atoms with Gasteiger partial charge in [-0.1, -0.05) is 43.2 Å². The molecule has 0 amide bonds. The number of aliphatic hydroxyl groups is 1. The molecule has 1 aromatic carbocycles. The predicted octanol–water partition coefficient (Wildman–Crippen LogP) is 4.46. The fourth-order valence-corrected chi connectivity index (χ4v) is 9.17. The Kier molecular flexibility index (Phi) is 7.58. The topological polar surface area (TPSA) is 133 Å². The molecule has 0 heterocycles. The summed E-state index contributed by atoms with van der Waals surface area (Å²) in [6.07, 6.45) is 5.51. The van der Waals surface area contributed by atoms with Gasteiger partial charge in [0.1, 0.15) is 6.61 Å². The maximum Gasteiger partial charge on any atom is 0.509 e. The second-order valence-corrected chi connectivity index (χ2v) is 13.9. The van der Waals surface area contributed by atoms with E-state index in [2.05, 4.69) is 6.92 Å². The summed E-state index contributed by atoms with van der Waals surface area (Å²) >= 11 is 0. The van der Waals surface area contributed by atoms with Crippen LogP contribution in [-0.2, 0) is 33.4 Å². The van der Waals surface area contributed by atoms with Gasteiger partial charge in [-0.15, -0.1) is 0 Å². The molecule has 1 unspecified atom stereocenters. The second kappa shape index (κ2) is 10.5. The third kappa shape index (κ3) is 4.77. The Balaban J connectivity index is 1.47. The van der Waals surface area contributed by atoms with Gasteiger partial charge in [0, 0.05) is 16.7 Å². The summed E-state index contributed by atoms with van der Waals surface area (Å²) in [5.74, 6) is -1.03. The van der Waals surface area contributed by atoms with Crippen molar-refractivity contribution < 1.29 is 41.6 Å². The van der Waals surface area contributed by atoms with Gasteiger partial charge in [-0.3, -0.25) is 13.8 Å². The van der Waals surface area contributed by atoms with E-state index in [9.17, 15) is 27.9 Å². The fourth-order valence-electron chi connectivity index (χ4n) is 8.31. The number of benzene rings is 1. The summed E-state index contributed by atoms with van der Waals surface area (Å²) in [7, 11) is -4.26. The van der Waals surface area contributed by atoms with Gasteiger partial charge in [0.15, 0.2) is 11.4 Å². The molecule has 3 saturated carbocycles. The van der Waals surface area contributed by atoms with Crippen molar-refractivity contribution >= 4 is 27.8 Å². The number of ether oxygens (including phenoxy) is 2. The van der Waals surface area contributed by atoms with Crippen LogP contribution in [0.3, 0.4) is 0 Å². The molecule has 4 aliphatic rings. The molecule has 1 N–H and O–H groups in total. The molecule has 9 nitrogen and oxygen atoms in total. The van der Waals surface area contributed by atoms with Crippen LogP contribution in [0.15, 0.2) is 53.0 Å². The van der Waals surface area contributed by atoms with E-state index in [0.29, 0.717) is 19.3 Å². The Morgan fingerprint density at radius 2 is 1.83 bits per heavy atom. The van der Waals surface area contributed by atoms with Crippen molar-refractivity contribution in [3.8, 4) is 0 Å². The summed E-state index contributed by atoms with van der Waals surface area (Å²) < 4.78 is 42.0. The first kappa shape index (κ1) is 29.7. The fraction of sp³-hybridized carbons (Fsp3) is 0.581. The number of aliphatic hydroxyl groups excluding tert-OH is 1. The number of hydrogen-bond acceptors (Lipinski definition) is 9. The normalized spacial score (nSPS) is 36.0. The third-order valence-electron chi connectivity index (χ3n) is 10.2. The molecule has 1 aromatic rings. The van der Waals surface area contributed by atoms with Crippen molar-refractivity contribution in [1.82, 2.24) is 0 Å². The van der Waals surface area contributed by atoms with Gasteiger partial charge in [-0.05, 0) is 82.1 Å². The largest absolute Gasteiger partial charge is 0.509 e. The van der Waals surface area contributed by atoms with E-state index < -0.39 is 51.2 Å². The molecule has 4 aliphatic carbocycles. The Morgan fingerprint density at radius 3 is 2.51 bits per heavy atom. The number of rotatable bonds is 7. The van der Waals surface area contributed by atoms with Crippen LogP contribution in [-0.4, -0.2) is 56.2 Å². The van der Waals surface area contributed by atoms with Gasteiger partial charge in [0.25, 0.3) is 10.1 Å². The Bertz CT molecular complexity index is 1410. The monoisotopic (exact) mass is 586 g/mol. The van der Waals surface area contributed by atoms with Crippen LogP contribution in [0.25, 0.3) is 0 Å². The van der Waals surface area contributed by atoms with E-state index in [1.165, 1.54) is 12.1 Å². The quantitative estimate of drug-likeness (QED) is 0.363. The Morgan fingerprint density at radius 1 is 1.12 bits per heavy atom. The average Bonchev–Trinajstić information content (AvgIpc) is 3.20. The summed E-state index contributed by atoms with van der Waals surface area (Å²) in [6.45, 7) is 6.56. The van der Waals surface area contributed by atoms with Gasteiger partial charge in [-0.2, -0.15) is 8.42 Å². The van der Waals surface area contributed by atoms with Gasteiger partial charge in [-0.25, -0.2) is 4.79 Å². The van der Waals surface area contributed by atoms with Crippen LogP contribution < -0.4 is 0 Å². The van der Waals surface area contributed by atoms with Crippen molar-refractivity contribution in [2.75, 3.05) is 13.2 Å². The van der Waals surface area contributed by atoms with Crippen LogP contribution >= 0.6 is 0 Å². The van der Waals surface area contributed by atoms with E-state index in [0.717, 1.165) is 11.1 Å². The van der Waals surface area contributed by atoms with Crippen molar-refractivity contribution in [1.29, 1.82) is 0 Å². The van der Waals surface area contributed by atoms with Crippen LogP contribution in [0.2, 0.25) is 0 Å². The Hall–Kier alpha value is -2.82. The van der Waals surface area contributed by atoms with Gasteiger partial charge in [0.05, 0.1) is 17.6 Å². The molecule has 41 heavy (non-hydrogen) atoms. The maximum atomic E-state index is 14.0. The first-order valence-electron chi connectivity index (χ1n) is 14.2. The smallest absolute Gasteiger partial charge is 0.435 e. The molecule has 0 aliphatic heterocycles.